The number of rotatable bonds is 9. The molecule has 0 aromatic heterocycles. The van der Waals surface area contributed by atoms with E-state index in [1.807, 2.05) is 72.1 Å². The number of anilines is 1. The van der Waals surface area contributed by atoms with E-state index in [1.54, 1.807) is 18.2 Å². The number of hydrogen-bond acceptors (Lipinski definition) is 6. The van der Waals surface area contributed by atoms with E-state index in [0.29, 0.717) is 18.7 Å². The van der Waals surface area contributed by atoms with E-state index >= 15 is 0 Å². The van der Waals surface area contributed by atoms with Crippen molar-refractivity contribution in [1.29, 1.82) is 0 Å². The van der Waals surface area contributed by atoms with Gasteiger partial charge in [0.2, 0.25) is 0 Å². The zero-order valence-corrected chi connectivity index (χ0v) is 29.4. The fourth-order valence-electron chi connectivity index (χ4n) is 5.20. The van der Waals surface area contributed by atoms with Gasteiger partial charge in [-0.2, -0.15) is 8.42 Å². The molecule has 0 heterocycles. The van der Waals surface area contributed by atoms with Crippen LogP contribution in [0.1, 0.15) is 22.3 Å². The second-order valence-corrected chi connectivity index (χ2v) is 13.6. The maximum absolute atomic E-state index is 11.6. The smallest absolute Gasteiger partial charge is 0.744 e. The van der Waals surface area contributed by atoms with Crippen LogP contribution in [0.15, 0.2) is 143 Å². The van der Waals surface area contributed by atoms with Crippen molar-refractivity contribution in [3.63, 3.8) is 0 Å². The van der Waals surface area contributed by atoms with Crippen molar-refractivity contribution >= 4 is 37.2 Å². The minimum atomic E-state index is -4.52. The second-order valence-electron chi connectivity index (χ2n) is 10.8. The van der Waals surface area contributed by atoms with Gasteiger partial charge in [-0.15, -0.1) is 0 Å². The van der Waals surface area contributed by atoms with E-state index in [9.17, 15) is 25.9 Å². The Kier molecular flexibility index (Phi) is 11.4. The van der Waals surface area contributed by atoms with Gasteiger partial charge < -0.3 is 9.45 Å². The zero-order valence-electron chi connectivity index (χ0n) is 25.7. The summed E-state index contributed by atoms with van der Waals surface area (Å²) < 4.78 is 68.8. The van der Waals surface area contributed by atoms with Crippen LogP contribution < -0.4 is 34.5 Å². The van der Waals surface area contributed by atoms with Crippen molar-refractivity contribution in [2.75, 3.05) is 19.0 Å². The molecule has 1 aliphatic carbocycles. The molecule has 5 rings (SSSR count). The maximum atomic E-state index is 11.6. The summed E-state index contributed by atoms with van der Waals surface area (Å²) in [5, 5.41) is 0. The second kappa shape index (κ2) is 14.9. The predicted molar refractivity (Wildman–Crippen MR) is 175 cm³/mol. The monoisotopic (exact) mass is 663 g/mol. The van der Waals surface area contributed by atoms with Gasteiger partial charge in [-0.05, 0) is 76.4 Å². The van der Waals surface area contributed by atoms with Crippen molar-refractivity contribution in [2.24, 2.45) is 0 Å². The molecular formula is C35H32N2NaO6S2+. The summed E-state index contributed by atoms with van der Waals surface area (Å²) in [6.07, 6.45) is 8.15. The largest absolute Gasteiger partial charge is 1.00 e. The summed E-state index contributed by atoms with van der Waals surface area (Å²) in [5.41, 5.74) is 7.47. The van der Waals surface area contributed by atoms with E-state index in [2.05, 4.69) is 36.4 Å². The summed E-state index contributed by atoms with van der Waals surface area (Å²) in [6.45, 7) is 0.872. The number of allylic oxidation sites excluding steroid dienone is 5. The summed E-state index contributed by atoms with van der Waals surface area (Å²) in [4.78, 5) is 1.61. The third kappa shape index (κ3) is 8.80. The van der Waals surface area contributed by atoms with Crippen molar-refractivity contribution in [1.82, 2.24) is 0 Å². The molecule has 1 aliphatic rings. The molecule has 0 radical (unpaired) electrons. The topological polar surface area (TPSA) is 118 Å². The van der Waals surface area contributed by atoms with Gasteiger partial charge in [-0.3, -0.25) is 4.55 Å². The van der Waals surface area contributed by atoms with Crippen LogP contribution in [0.3, 0.4) is 0 Å². The molecule has 0 spiro atoms. The van der Waals surface area contributed by atoms with Crippen LogP contribution in [0.5, 0.6) is 0 Å². The molecule has 0 saturated carbocycles. The molecule has 0 amide bonds. The number of benzene rings is 4. The van der Waals surface area contributed by atoms with Gasteiger partial charge in [0.1, 0.15) is 17.2 Å². The molecular weight excluding hydrogens is 632 g/mol. The zero-order chi connectivity index (χ0) is 32.2. The Balaban J connectivity index is 0.00000480. The van der Waals surface area contributed by atoms with Crippen LogP contribution in [0.25, 0.3) is 5.57 Å². The Hall–Kier alpha value is -3.61. The Morgan fingerprint density at radius 1 is 0.739 bits per heavy atom. The fraction of sp³-hybridized carbons (Fsp3) is 0.114. The van der Waals surface area contributed by atoms with Gasteiger partial charge in [0, 0.05) is 37.0 Å². The van der Waals surface area contributed by atoms with Crippen LogP contribution in [-0.4, -0.2) is 50.3 Å². The van der Waals surface area contributed by atoms with Crippen molar-refractivity contribution < 1.29 is 60.1 Å². The number of hydrogen-bond donors (Lipinski definition) is 1. The first-order valence-corrected chi connectivity index (χ1v) is 16.9. The van der Waals surface area contributed by atoms with Crippen LogP contribution in [0, 0.1) is 0 Å². The molecule has 11 heteroatoms. The molecule has 46 heavy (non-hydrogen) atoms. The molecule has 0 bridgehead atoms. The normalized spacial score (nSPS) is 12.9. The van der Waals surface area contributed by atoms with Gasteiger partial charge in [0.25, 0.3) is 10.1 Å². The van der Waals surface area contributed by atoms with Gasteiger partial charge in [0.15, 0.2) is 12.3 Å². The van der Waals surface area contributed by atoms with Crippen molar-refractivity contribution in [3.05, 3.63) is 155 Å². The summed E-state index contributed by atoms with van der Waals surface area (Å²) in [7, 11) is -4.98. The van der Waals surface area contributed by atoms with E-state index in [-0.39, 0.29) is 39.3 Å². The Morgan fingerprint density at radius 2 is 1.30 bits per heavy atom. The van der Waals surface area contributed by atoms with Crippen molar-refractivity contribution in [2.45, 2.75) is 22.9 Å². The number of nitrogens with zero attached hydrogens (tertiary/aromatic N) is 2. The van der Waals surface area contributed by atoms with Gasteiger partial charge in [-0.1, -0.05) is 66.7 Å². The van der Waals surface area contributed by atoms with Crippen LogP contribution in [0.4, 0.5) is 5.69 Å². The molecule has 0 aliphatic heterocycles. The Labute approximate surface area is 292 Å². The van der Waals surface area contributed by atoms with E-state index in [1.165, 1.54) is 24.3 Å². The molecule has 8 nitrogen and oxygen atoms in total. The van der Waals surface area contributed by atoms with E-state index in [0.717, 1.165) is 39.2 Å². The first-order chi connectivity index (χ1) is 21.4. The minimum Gasteiger partial charge on any atom is -0.744 e. The quantitative estimate of drug-likeness (QED) is 0.166. The predicted octanol–water partition coefficient (Wildman–Crippen LogP) is 2.69. The van der Waals surface area contributed by atoms with E-state index in [4.69, 9.17) is 0 Å². The fourth-order valence-corrected chi connectivity index (χ4v) is 6.30. The van der Waals surface area contributed by atoms with Crippen LogP contribution in [0.2, 0.25) is 0 Å². The van der Waals surface area contributed by atoms with Crippen molar-refractivity contribution in [3.8, 4) is 0 Å². The molecule has 4 aromatic rings. The standard InChI is InChI=1S/C35H32N2O6S2.Na/c1-36(24-26-8-6-12-33(22-26)44(38,39)40)31-18-14-29(15-19-31)35(28-10-4-3-5-11-28)30-16-20-32(21-17-30)37(2)25-27-9-7-13-34(23-27)45(41,42)43;/h3-23H,24-25H2,1-2H3,(H-,38,39,40,41,42,43);/q;+1. The van der Waals surface area contributed by atoms with Gasteiger partial charge in [0.05, 0.1) is 9.79 Å². The van der Waals surface area contributed by atoms with Gasteiger partial charge >= 0.3 is 29.6 Å². The molecule has 0 fully saturated rings. The third-order valence-corrected chi connectivity index (χ3v) is 9.16. The SMILES string of the molecule is CN(Cc1cccc(S(=O)(=O)[O-])c1)c1ccc(C(=C2C=CC(=[N+](C)Cc3cccc(S(=O)(=O)O)c3)C=C2)c2ccccc2)cc1.[Na+]. The Bertz CT molecular complexity index is 2050. The first kappa shape index (κ1) is 35.2. The summed E-state index contributed by atoms with van der Waals surface area (Å²) in [6, 6.07) is 30.5. The molecule has 0 unspecified atom stereocenters. The summed E-state index contributed by atoms with van der Waals surface area (Å²) in [5.74, 6) is 0. The molecule has 1 N–H and O–H groups in total. The van der Waals surface area contributed by atoms with Crippen LogP contribution >= 0.6 is 0 Å². The minimum absolute atomic E-state index is 0. The van der Waals surface area contributed by atoms with Gasteiger partial charge in [-0.25, -0.2) is 13.0 Å². The average molecular weight is 664 g/mol. The summed E-state index contributed by atoms with van der Waals surface area (Å²) >= 11 is 0. The third-order valence-electron chi connectivity index (χ3n) is 7.48. The van der Waals surface area contributed by atoms with E-state index < -0.39 is 20.2 Å². The van der Waals surface area contributed by atoms with Crippen LogP contribution in [-0.2, 0) is 33.3 Å². The maximum Gasteiger partial charge on any atom is 1.00 e. The Morgan fingerprint density at radius 3 is 1.91 bits per heavy atom. The molecule has 0 atom stereocenters. The molecule has 4 aromatic carbocycles. The average Bonchev–Trinajstić information content (AvgIpc) is 3.02. The molecule has 0 saturated heterocycles. The first-order valence-electron chi connectivity index (χ1n) is 14.1. The molecule has 230 valence electrons.